The maximum atomic E-state index is 12.2. The zero-order chi connectivity index (χ0) is 14.5. The van der Waals surface area contributed by atoms with E-state index in [1.54, 1.807) is 7.11 Å². The Balaban J connectivity index is 2.17. The number of ether oxygens (including phenoxy) is 1. The van der Waals surface area contributed by atoms with Gasteiger partial charge in [-0.3, -0.25) is 4.79 Å². The van der Waals surface area contributed by atoms with Crippen molar-refractivity contribution in [3.05, 3.63) is 40.9 Å². The maximum absolute atomic E-state index is 12.2. The van der Waals surface area contributed by atoms with E-state index in [1.807, 2.05) is 44.2 Å². The first-order chi connectivity index (χ1) is 9.61. The van der Waals surface area contributed by atoms with Crippen molar-refractivity contribution in [1.29, 1.82) is 0 Å². The normalized spacial score (nSPS) is 12.2. The van der Waals surface area contributed by atoms with Gasteiger partial charge < -0.3 is 10.1 Å². The van der Waals surface area contributed by atoms with Gasteiger partial charge in [0.1, 0.15) is 9.88 Å². The largest absolute Gasteiger partial charge is 0.383 e. The molecule has 1 aromatic carbocycles. The number of rotatable bonds is 5. The van der Waals surface area contributed by atoms with Crippen LogP contribution in [0, 0.1) is 6.92 Å². The number of amides is 1. The van der Waals surface area contributed by atoms with Gasteiger partial charge in [-0.2, -0.15) is 0 Å². The Hall–Kier alpha value is -1.72. The summed E-state index contributed by atoms with van der Waals surface area (Å²) in [6, 6.07) is 9.86. The average molecular weight is 290 g/mol. The van der Waals surface area contributed by atoms with Crippen molar-refractivity contribution in [3.8, 4) is 10.6 Å². The molecule has 1 N–H and O–H groups in total. The van der Waals surface area contributed by atoms with Crippen molar-refractivity contribution in [2.75, 3.05) is 13.7 Å². The van der Waals surface area contributed by atoms with Crippen LogP contribution in [0.3, 0.4) is 0 Å². The van der Waals surface area contributed by atoms with Crippen LogP contribution in [0.1, 0.15) is 22.3 Å². The predicted molar refractivity (Wildman–Crippen MR) is 81.1 cm³/mol. The average Bonchev–Trinajstić information content (AvgIpc) is 2.82. The summed E-state index contributed by atoms with van der Waals surface area (Å²) in [5, 5.41) is 3.78. The molecule has 0 bridgehead atoms. The lowest BCUT2D eigenvalue weighted by atomic mass is 10.2. The van der Waals surface area contributed by atoms with Gasteiger partial charge in [-0.1, -0.05) is 30.3 Å². The molecule has 5 heteroatoms. The van der Waals surface area contributed by atoms with Gasteiger partial charge in [-0.25, -0.2) is 4.98 Å². The molecule has 2 aromatic rings. The maximum Gasteiger partial charge on any atom is 0.263 e. The fraction of sp³-hybridized carbons (Fsp3) is 0.333. The number of benzene rings is 1. The van der Waals surface area contributed by atoms with E-state index in [0.717, 1.165) is 16.3 Å². The van der Waals surface area contributed by atoms with Crippen LogP contribution in [-0.4, -0.2) is 30.6 Å². The van der Waals surface area contributed by atoms with Gasteiger partial charge in [0.05, 0.1) is 12.3 Å². The predicted octanol–water partition coefficient (Wildman–Crippen LogP) is 2.88. The van der Waals surface area contributed by atoms with Crippen LogP contribution in [0.15, 0.2) is 30.3 Å². The number of carbonyl (C=O) groups is 1. The van der Waals surface area contributed by atoms with E-state index in [1.165, 1.54) is 11.3 Å². The quantitative estimate of drug-likeness (QED) is 0.921. The summed E-state index contributed by atoms with van der Waals surface area (Å²) < 4.78 is 5.02. The van der Waals surface area contributed by atoms with Crippen molar-refractivity contribution in [2.45, 2.75) is 19.9 Å². The van der Waals surface area contributed by atoms with Crippen LogP contribution in [0.4, 0.5) is 0 Å². The molecule has 0 spiro atoms. The fourth-order valence-corrected chi connectivity index (χ4v) is 2.87. The van der Waals surface area contributed by atoms with Crippen LogP contribution < -0.4 is 5.32 Å². The van der Waals surface area contributed by atoms with Crippen LogP contribution in [-0.2, 0) is 4.74 Å². The third kappa shape index (κ3) is 3.43. The zero-order valence-electron chi connectivity index (χ0n) is 11.8. The highest BCUT2D eigenvalue weighted by molar-refractivity contribution is 7.17. The van der Waals surface area contributed by atoms with E-state index in [-0.39, 0.29) is 11.9 Å². The standard InChI is InChI=1S/C15H18N2O2S/c1-10(9-19-3)16-14(18)13-11(2)17-15(20-13)12-7-5-4-6-8-12/h4-8,10H,9H2,1-3H3,(H,16,18)/t10-/m1/s1. The highest BCUT2D eigenvalue weighted by atomic mass is 32.1. The van der Waals surface area contributed by atoms with Crippen molar-refractivity contribution in [1.82, 2.24) is 10.3 Å². The monoisotopic (exact) mass is 290 g/mol. The molecule has 0 aliphatic carbocycles. The summed E-state index contributed by atoms with van der Waals surface area (Å²) in [6.45, 7) is 4.27. The molecule has 0 aliphatic heterocycles. The number of thiazole rings is 1. The van der Waals surface area contributed by atoms with Gasteiger partial charge in [-0.15, -0.1) is 11.3 Å². The van der Waals surface area contributed by atoms with E-state index >= 15 is 0 Å². The SMILES string of the molecule is COC[C@@H](C)NC(=O)c1sc(-c2ccccc2)nc1C. The van der Waals surface area contributed by atoms with E-state index < -0.39 is 0 Å². The Morgan fingerprint density at radius 2 is 2.10 bits per heavy atom. The molecule has 0 fully saturated rings. The van der Waals surface area contributed by atoms with Crippen molar-refractivity contribution < 1.29 is 9.53 Å². The second-order valence-electron chi connectivity index (χ2n) is 4.63. The molecule has 1 amide bonds. The number of methoxy groups -OCH3 is 1. The minimum atomic E-state index is -0.0910. The number of nitrogens with zero attached hydrogens (tertiary/aromatic N) is 1. The minimum absolute atomic E-state index is 0.0193. The summed E-state index contributed by atoms with van der Waals surface area (Å²) in [5.41, 5.74) is 1.79. The molecule has 4 nitrogen and oxygen atoms in total. The summed E-state index contributed by atoms with van der Waals surface area (Å²) in [7, 11) is 1.62. The summed E-state index contributed by atoms with van der Waals surface area (Å²) in [6.07, 6.45) is 0. The van der Waals surface area contributed by atoms with Gasteiger partial charge in [0.15, 0.2) is 0 Å². The molecule has 0 saturated carbocycles. The second-order valence-corrected chi connectivity index (χ2v) is 5.63. The number of hydrogen-bond acceptors (Lipinski definition) is 4. The van der Waals surface area contributed by atoms with Gasteiger partial charge in [0, 0.05) is 18.7 Å². The molecule has 1 atom stereocenters. The number of nitrogens with one attached hydrogen (secondary N) is 1. The van der Waals surface area contributed by atoms with Crippen molar-refractivity contribution >= 4 is 17.2 Å². The number of aryl methyl sites for hydroxylation is 1. The Morgan fingerprint density at radius 3 is 2.75 bits per heavy atom. The van der Waals surface area contributed by atoms with E-state index in [2.05, 4.69) is 10.3 Å². The molecule has 2 rings (SSSR count). The molecule has 0 saturated heterocycles. The topological polar surface area (TPSA) is 51.2 Å². The van der Waals surface area contributed by atoms with Crippen LogP contribution in [0.2, 0.25) is 0 Å². The Kier molecular flexibility index (Phi) is 4.87. The minimum Gasteiger partial charge on any atom is -0.383 e. The lowest BCUT2D eigenvalue weighted by molar-refractivity contribution is 0.0909. The first-order valence-electron chi connectivity index (χ1n) is 6.44. The first-order valence-corrected chi connectivity index (χ1v) is 7.26. The molecule has 1 heterocycles. The summed E-state index contributed by atoms with van der Waals surface area (Å²) >= 11 is 1.42. The van der Waals surface area contributed by atoms with E-state index in [4.69, 9.17) is 4.74 Å². The van der Waals surface area contributed by atoms with E-state index in [9.17, 15) is 4.79 Å². The number of aromatic nitrogens is 1. The molecular formula is C15H18N2O2S. The molecule has 1 aromatic heterocycles. The zero-order valence-corrected chi connectivity index (χ0v) is 12.7. The Morgan fingerprint density at radius 1 is 1.40 bits per heavy atom. The molecular weight excluding hydrogens is 272 g/mol. The first kappa shape index (κ1) is 14.7. The van der Waals surface area contributed by atoms with Crippen molar-refractivity contribution in [3.63, 3.8) is 0 Å². The lowest BCUT2D eigenvalue weighted by Gasteiger charge is -2.11. The molecule has 106 valence electrons. The van der Waals surface area contributed by atoms with Crippen molar-refractivity contribution in [2.24, 2.45) is 0 Å². The lowest BCUT2D eigenvalue weighted by Crippen LogP contribution is -2.35. The van der Waals surface area contributed by atoms with Crippen LogP contribution in [0.5, 0.6) is 0 Å². The van der Waals surface area contributed by atoms with Crippen LogP contribution in [0.25, 0.3) is 10.6 Å². The van der Waals surface area contributed by atoms with Gasteiger partial charge in [0.25, 0.3) is 5.91 Å². The van der Waals surface area contributed by atoms with Gasteiger partial charge in [0.2, 0.25) is 0 Å². The third-order valence-electron chi connectivity index (χ3n) is 2.82. The van der Waals surface area contributed by atoms with E-state index in [0.29, 0.717) is 11.5 Å². The Bertz CT molecular complexity index is 581. The second kappa shape index (κ2) is 6.63. The van der Waals surface area contributed by atoms with Gasteiger partial charge >= 0.3 is 0 Å². The molecule has 20 heavy (non-hydrogen) atoms. The van der Waals surface area contributed by atoms with Gasteiger partial charge in [-0.05, 0) is 13.8 Å². The fourth-order valence-electron chi connectivity index (χ4n) is 1.89. The number of hydrogen-bond donors (Lipinski definition) is 1. The smallest absolute Gasteiger partial charge is 0.263 e. The summed E-state index contributed by atoms with van der Waals surface area (Å²) in [5.74, 6) is -0.0910. The highest BCUT2D eigenvalue weighted by Crippen LogP contribution is 2.27. The highest BCUT2D eigenvalue weighted by Gasteiger charge is 2.17. The molecule has 0 radical (unpaired) electrons. The third-order valence-corrected chi connectivity index (χ3v) is 4.02. The molecule has 0 aliphatic rings. The molecule has 0 unspecified atom stereocenters. The summed E-state index contributed by atoms with van der Waals surface area (Å²) in [4.78, 5) is 17.3. The number of carbonyl (C=O) groups excluding carboxylic acids is 1. The van der Waals surface area contributed by atoms with Crippen LogP contribution >= 0.6 is 11.3 Å². The Labute approximate surface area is 122 Å².